The molecule has 2 aromatic rings. The predicted octanol–water partition coefficient (Wildman–Crippen LogP) is 3.12. The highest BCUT2D eigenvalue weighted by Gasteiger charge is 2.10. The second-order valence-electron chi connectivity index (χ2n) is 5.13. The van der Waals surface area contributed by atoms with E-state index >= 15 is 0 Å². The molecule has 1 aliphatic heterocycles. The first-order valence-electron chi connectivity index (χ1n) is 7.37. The van der Waals surface area contributed by atoms with Crippen molar-refractivity contribution in [3.05, 3.63) is 53.7 Å². The lowest BCUT2D eigenvalue weighted by molar-refractivity contribution is 0.858. The van der Waals surface area contributed by atoms with Crippen molar-refractivity contribution in [2.75, 3.05) is 34.8 Å². The van der Waals surface area contributed by atoms with E-state index in [1.165, 1.54) is 22.8 Å². The summed E-state index contributed by atoms with van der Waals surface area (Å²) in [7, 11) is 0. The molecule has 0 amide bonds. The number of hydrogen-bond donors (Lipinski definition) is 1. The largest absolute Gasteiger partial charge is 0.370 e. The zero-order valence-corrected chi connectivity index (χ0v) is 13.1. The van der Waals surface area contributed by atoms with Crippen molar-refractivity contribution in [2.24, 2.45) is 0 Å². The third kappa shape index (κ3) is 3.52. The van der Waals surface area contributed by atoms with Crippen LogP contribution in [0.2, 0.25) is 0 Å². The smallest absolute Gasteiger partial charge is 0.144 e. The maximum absolute atomic E-state index is 9.06. The molecular formula is C17H18N4S. The van der Waals surface area contributed by atoms with E-state index in [0.717, 1.165) is 13.1 Å². The first-order valence-corrected chi connectivity index (χ1v) is 8.53. The monoisotopic (exact) mass is 310 g/mol. The maximum Gasteiger partial charge on any atom is 0.144 e. The Balaban J connectivity index is 1.62. The van der Waals surface area contributed by atoms with Crippen LogP contribution in [-0.4, -0.2) is 29.6 Å². The van der Waals surface area contributed by atoms with Gasteiger partial charge in [-0.3, -0.25) is 0 Å². The minimum Gasteiger partial charge on any atom is -0.370 e. The van der Waals surface area contributed by atoms with Gasteiger partial charge in [-0.2, -0.15) is 17.0 Å². The molecule has 0 spiro atoms. The summed E-state index contributed by atoms with van der Waals surface area (Å²) in [6.45, 7) is 2.92. The molecule has 1 aromatic heterocycles. The van der Waals surface area contributed by atoms with Crippen LogP contribution in [0.25, 0.3) is 0 Å². The molecule has 0 unspecified atom stereocenters. The lowest BCUT2D eigenvalue weighted by Gasteiger charge is -2.28. The molecule has 0 radical (unpaired) electrons. The van der Waals surface area contributed by atoms with Gasteiger partial charge in [0.2, 0.25) is 0 Å². The normalized spacial score (nSPS) is 14.4. The third-order valence-electron chi connectivity index (χ3n) is 3.70. The summed E-state index contributed by atoms with van der Waals surface area (Å²) in [6.07, 6.45) is 1.70. The van der Waals surface area contributed by atoms with Gasteiger partial charge in [0.1, 0.15) is 11.9 Å². The minimum atomic E-state index is 0.574. The molecule has 22 heavy (non-hydrogen) atoms. The number of anilines is 2. The van der Waals surface area contributed by atoms with Gasteiger partial charge in [0, 0.05) is 43.0 Å². The Morgan fingerprint density at radius 2 is 1.95 bits per heavy atom. The molecule has 1 saturated heterocycles. The van der Waals surface area contributed by atoms with Gasteiger partial charge in [0.25, 0.3) is 0 Å². The molecule has 0 saturated carbocycles. The molecule has 0 bridgehead atoms. The number of rotatable bonds is 4. The maximum atomic E-state index is 9.06. The van der Waals surface area contributed by atoms with E-state index in [0.29, 0.717) is 17.9 Å². The van der Waals surface area contributed by atoms with Crippen LogP contribution >= 0.6 is 11.8 Å². The molecule has 2 heterocycles. The second kappa shape index (κ2) is 7.19. The van der Waals surface area contributed by atoms with Crippen molar-refractivity contribution in [3.63, 3.8) is 0 Å². The zero-order valence-electron chi connectivity index (χ0n) is 12.3. The topological polar surface area (TPSA) is 52.0 Å². The zero-order chi connectivity index (χ0) is 15.2. The summed E-state index contributed by atoms with van der Waals surface area (Å²) in [6, 6.07) is 14.3. The Kier molecular flexibility index (Phi) is 4.81. The highest BCUT2D eigenvalue weighted by molar-refractivity contribution is 7.99. The van der Waals surface area contributed by atoms with Crippen molar-refractivity contribution in [1.82, 2.24) is 4.98 Å². The predicted molar refractivity (Wildman–Crippen MR) is 92.3 cm³/mol. The third-order valence-corrected chi connectivity index (χ3v) is 4.64. The van der Waals surface area contributed by atoms with E-state index in [2.05, 4.69) is 45.5 Å². The Labute approximate surface area is 135 Å². The van der Waals surface area contributed by atoms with Crippen molar-refractivity contribution in [3.8, 4) is 6.07 Å². The fraction of sp³-hybridized carbons (Fsp3) is 0.294. The van der Waals surface area contributed by atoms with Gasteiger partial charge in [-0.05, 0) is 29.8 Å². The van der Waals surface area contributed by atoms with Crippen LogP contribution in [0.5, 0.6) is 0 Å². The number of nitrogens with one attached hydrogen (secondary N) is 1. The molecule has 112 valence electrons. The molecule has 1 fully saturated rings. The van der Waals surface area contributed by atoms with Gasteiger partial charge in [-0.15, -0.1) is 0 Å². The number of benzene rings is 1. The Hall–Kier alpha value is -2.19. The summed E-state index contributed by atoms with van der Waals surface area (Å²) in [5.74, 6) is 3.06. The van der Waals surface area contributed by atoms with Gasteiger partial charge < -0.3 is 10.2 Å². The van der Waals surface area contributed by atoms with Gasteiger partial charge >= 0.3 is 0 Å². The van der Waals surface area contributed by atoms with E-state index in [1.54, 1.807) is 18.3 Å². The average molecular weight is 310 g/mol. The lowest BCUT2D eigenvalue weighted by Crippen LogP contribution is -2.32. The van der Waals surface area contributed by atoms with Crippen molar-refractivity contribution < 1.29 is 0 Å². The van der Waals surface area contributed by atoms with Crippen molar-refractivity contribution in [1.29, 1.82) is 5.26 Å². The van der Waals surface area contributed by atoms with Crippen LogP contribution in [0.3, 0.4) is 0 Å². The molecule has 3 rings (SSSR count). The summed E-state index contributed by atoms with van der Waals surface area (Å²) in [5.41, 5.74) is 3.05. The van der Waals surface area contributed by atoms with E-state index in [-0.39, 0.29) is 0 Å². The summed E-state index contributed by atoms with van der Waals surface area (Å²) >= 11 is 2.02. The molecule has 0 aliphatic carbocycles. The molecule has 1 aliphatic rings. The Bertz CT molecular complexity index is 657. The fourth-order valence-corrected chi connectivity index (χ4v) is 3.37. The summed E-state index contributed by atoms with van der Waals surface area (Å²) in [4.78, 5) is 6.64. The average Bonchev–Trinajstić information content (AvgIpc) is 2.61. The number of nitriles is 1. The van der Waals surface area contributed by atoms with Crippen molar-refractivity contribution in [2.45, 2.75) is 6.54 Å². The Morgan fingerprint density at radius 3 is 2.68 bits per heavy atom. The van der Waals surface area contributed by atoms with Crippen LogP contribution in [-0.2, 0) is 6.54 Å². The molecular weight excluding hydrogens is 292 g/mol. The number of nitrogens with zero attached hydrogens (tertiary/aromatic N) is 3. The standard InChI is InChI=1S/C17H18N4S/c18-12-15-2-1-7-19-17(15)20-13-14-3-5-16(6-4-14)21-8-10-22-11-9-21/h1-7H,8-11,13H2,(H,19,20). The van der Waals surface area contributed by atoms with Crippen molar-refractivity contribution >= 4 is 23.3 Å². The second-order valence-corrected chi connectivity index (χ2v) is 6.36. The highest BCUT2D eigenvalue weighted by Crippen LogP contribution is 2.20. The summed E-state index contributed by atoms with van der Waals surface area (Å²) < 4.78 is 0. The van der Waals surface area contributed by atoms with Gasteiger partial charge in [0.05, 0.1) is 5.56 Å². The minimum absolute atomic E-state index is 0.574. The Morgan fingerprint density at radius 1 is 1.18 bits per heavy atom. The van der Waals surface area contributed by atoms with Crippen LogP contribution in [0.4, 0.5) is 11.5 Å². The molecule has 1 N–H and O–H groups in total. The SMILES string of the molecule is N#Cc1cccnc1NCc1ccc(N2CCSCC2)cc1. The van der Waals surface area contributed by atoms with Crippen LogP contribution in [0.15, 0.2) is 42.6 Å². The van der Waals surface area contributed by atoms with Crippen LogP contribution < -0.4 is 10.2 Å². The number of thioether (sulfide) groups is 1. The summed E-state index contributed by atoms with van der Waals surface area (Å²) in [5, 5.41) is 12.3. The van der Waals surface area contributed by atoms with Crippen LogP contribution in [0.1, 0.15) is 11.1 Å². The number of hydrogen-bond acceptors (Lipinski definition) is 5. The fourth-order valence-electron chi connectivity index (χ4n) is 2.47. The van der Waals surface area contributed by atoms with Gasteiger partial charge in [-0.1, -0.05) is 12.1 Å². The van der Waals surface area contributed by atoms with E-state index in [9.17, 15) is 0 Å². The van der Waals surface area contributed by atoms with E-state index in [1.807, 2.05) is 11.8 Å². The first-order chi connectivity index (χ1) is 10.9. The number of aromatic nitrogens is 1. The van der Waals surface area contributed by atoms with E-state index in [4.69, 9.17) is 5.26 Å². The molecule has 5 heteroatoms. The first kappa shape index (κ1) is 14.7. The number of pyridine rings is 1. The van der Waals surface area contributed by atoms with E-state index < -0.39 is 0 Å². The molecule has 1 aromatic carbocycles. The van der Waals surface area contributed by atoms with Gasteiger partial charge in [0.15, 0.2) is 0 Å². The molecule has 4 nitrogen and oxygen atoms in total. The lowest BCUT2D eigenvalue weighted by atomic mass is 10.2. The molecule has 0 atom stereocenters. The van der Waals surface area contributed by atoms with Crippen LogP contribution in [0, 0.1) is 11.3 Å². The quantitative estimate of drug-likeness (QED) is 0.940. The highest BCUT2D eigenvalue weighted by atomic mass is 32.2. The van der Waals surface area contributed by atoms with Gasteiger partial charge in [-0.25, -0.2) is 4.98 Å².